The Kier molecular flexibility index (Phi) is 4.10. The van der Waals surface area contributed by atoms with E-state index in [1.54, 1.807) is 6.20 Å². The van der Waals surface area contributed by atoms with Gasteiger partial charge in [-0.05, 0) is 29.2 Å². The van der Waals surface area contributed by atoms with Crippen molar-refractivity contribution in [3.63, 3.8) is 0 Å². The highest BCUT2D eigenvalue weighted by molar-refractivity contribution is 5.51. The second-order valence-electron chi connectivity index (χ2n) is 6.36. The molecule has 118 valence electrons. The molecule has 2 heterocycles. The van der Waals surface area contributed by atoms with Crippen LogP contribution < -0.4 is 4.74 Å². The van der Waals surface area contributed by atoms with Crippen LogP contribution in [0.5, 0.6) is 6.08 Å². The molecular weight excluding hydrogens is 290 g/mol. The second kappa shape index (κ2) is 6.20. The number of hydrogen-bond acceptors (Lipinski definition) is 5. The quantitative estimate of drug-likeness (QED) is 0.728. The first-order chi connectivity index (χ1) is 11.0. The van der Waals surface area contributed by atoms with E-state index in [-0.39, 0.29) is 11.5 Å². The maximum absolute atomic E-state index is 5.58. The first-order valence-corrected chi connectivity index (χ1v) is 7.48. The molecule has 0 atom stereocenters. The molecule has 0 unspecified atom stereocenters. The third-order valence-corrected chi connectivity index (χ3v) is 3.45. The van der Waals surface area contributed by atoms with E-state index in [9.17, 15) is 0 Å². The van der Waals surface area contributed by atoms with Crippen LogP contribution in [-0.4, -0.2) is 15.2 Å². The number of rotatable bonds is 4. The summed E-state index contributed by atoms with van der Waals surface area (Å²) in [6.45, 7) is 6.80. The molecule has 0 saturated carbocycles. The Bertz CT molecular complexity index is 776. The summed E-state index contributed by atoms with van der Waals surface area (Å²) in [7, 11) is 0. The highest BCUT2D eigenvalue weighted by atomic mass is 16.6. The lowest BCUT2D eigenvalue weighted by Crippen LogP contribution is -2.12. The van der Waals surface area contributed by atoms with Gasteiger partial charge in [-0.25, -0.2) is 0 Å². The molecule has 0 bridgehead atoms. The highest BCUT2D eigenvalue weighted by Crippen LogP contribution is 2.23. The van der Waals surface area contributed by atoms with Gasteiger partial charge in [0.2, 0.25) is 0 Å². The number of nitrogens with zero attached hydrogens (tertiary/aromatic N) is 3. The number of benzene rings is 1. The van der Waals surface area contributed by atoms with E-state index in [4.69, 9.17) is 9.15 Å². The topological polar surface area (TPSA) is 61.0 Å². The molecule has 0 amide bonds. The summed E-state index contributed by atoms with van der Waals surface area (Å²) in [6, 6.07) is 11.7. The molecule has 0 fully saturated rings. The lowest BCUT2D eigenvalue weighted by molar-refractivity contribution is 0.221. The van der Waals surface area contributed by atoms with Gasteiger partial charge in [0.25, 0.3) is 5.89 Å². The predicted octanol–water partition coefficient (Wildman–Crippen LogP) is 4.01. The van der Waals surface area contributed by atoms with Crippen LogP contribution in [0.3, 0.4) is 0 Å². The van der Waals surface area contributed by atoms with Crippen LogP contribution in [0.4, 0.5) is 0 Å². The summed E-state index contributed by atoms with van der Waals surface area (Å²) in [5.74, 6) is 0.446. The number of hydrogen-bond donors (Lipinski definition) is 0. The summed E-state index contributed by atoms with van der Waals surface area (Å²) in [4.78, 5) is 4.27. The molecule has 23 heavy (non-hydrogen) atoms. The largest absolute Gasteiger partial charge is 0.444 e. The van der Waals surface area contributed by atoms with Crippen molar-refractivity contribution in [2.24, 2.45) is 0 Å². The molecule has 3 aromatic rings. The van der Waals surface area contributed by atoms with Crippen LogP contribution >= 0.6 is 0 Å². The Labute approximate surface area is 135 Å². The average Bonchev–Trinajstić information content (AvgIpc) is 3.02. The molecule has 0 spiro atoms. The molecule has 0 radical (unpaired) electrons. The Hall–Kier alpha value is -2.69. The van der Waals surface area contributed by atoms with Crippen molar-refractivity contribution in [3.8, 4) is 17.5 Å². The Balaban J connectivity index is 1.69. The fraction of sp³-hybridized carbons (Fsp3) is 0.278. The fourth-order valence-electron chi connectivity index (χ4n) is 2.09. The molecule has 2 aromatic heterocycles. The highest BCUT2D eigenvalue weighted by Gasteiger charge is 2.15. The van der Waals surface area contributed by atoms with Crippen LogP contribution in [0, 0.1) is 0 Å². The first-order valence-electron chi connectivity index (χ1n) is 7.48. The van der Waals surface area contributed by atoms with E-state index >= 15 is 0 Å². The first kappa shape index (κ1) is 15.2. The van der Waals surface area contributed by atoms with Gasteiger partial charge in [-0.3, -0.25) is 4.98 Å². The van der Waals surface area contributed by atoms with Crippen molar-refractivity contribution >= 4 is 0 Å². The van der Waals surface area contributed by atoms with Gasteiger partial charge in [-0.1, -0.05) is 44.1 Å². The van der Waals surface area contributed by atoms with Crippen LogP contribution in [-0.2, 0) is 12.0 Å². The van der Waals surface area contributed by atoms with Crippen molar-refractivity contribution in [2.75, 3.05) is 0 Å². The van der Waals surface area contributed by atoms with Crippen LogP contribution in [0.2, 0.25) is 0 Å². The van der Waals surface area contributed by atoms with E-state index < -0.39 is 0 Å². The van der Waals surface area contributed by atoms with Crippen molar-refractivity contribution in [1.29, 1.82) is 0 Å². The normalized spacial score (nSPS) is 11.4. The summed E-state index contributed by atoms with van der Waals surface area (Å²) in [5, 5.41) is 7.92. The van der Waals surface area contributed by atoms with E-state index in [1.807, 2.05) is 36.5 Å². The van der Waals surface area contributed by atoms with Gasteiger partial charge in [0.1, 0.15) is 6.61 Å². The standard InChI is InChI=1S/C18H19N3O2/c1-18(2,3)15-9-13(10-19-11-15)12-22-17-21-20-16(23-17)14-7-5-4-6-8-14/h4-11H,12H2,1-3H3. The maximum Gasteiger partial charge on any atom is 0.415 e. The molecule has 5 heteroatoms. The van der Waals surface area contributed by atoms with Gasteiger partial charge in [-0.15, -0.1) is 5.10 Å². The zero-order valence-electron chi connectivity index (χ0n) is 13.5. The van der Waals surface area contributed by atoms with Gasteiger partial charge < -0.3 is 9.15 Å². The van der Waals surface area contributed by atoms with Crippen molar-refractivity contribution in [2.45, 2.75) is 32.8 Å². The molecule has 3 rings (SSSR count). The Morgan fingerprint density at radius 1 is 1.04 bits per heavy atom. The van der Waals surface area contributed by atoms with Gasteiger partial charge in [-0.2, -0.15) is 0 Å². The maximum atomic E-state index is 5.58. The number of ether oxygens (including phenoxy) is 1. The minimum atomic E-state index is 0.0496. The molecule has 0 saturated heterocycles. The van der Waals surface area contributed by atoms with Gasteiger partial charge >= 0.3 is 6.08 Å². The third-order valence-electron chi connectivity index (χ3n) is 3.45. The zero-order chi connectivity index (χ0) is 16.3. The lowest BCUT2D eigenvalue weighted by atomic mass is 9.88. The van der Waals surface area contributed by atoms with Crippen LogP contribution in [0.15, 0.2) is 53.2 Å². The number of pyridine rings is 1. The van der Waals surface area contributed by atoms with Gasteiger partial charge in [0.15, 0.2) is 0 Å². The molecule has 0 aliphatic rings. The van der Waals surface area contributed by atoms with E-state index in [2.05, 4.69) is 42.0 Å². The lowest BCUT2D eigenvalue weighted by Gasteiger charge is -2.18. The van der Waals surface area contributed by atoms with Crippen LogP contribution in [0.25, 0.3) is 11.5 Å². The third kappa shape index (κ3) is 3.74. The minimum Gasteiger partial charge on any atom is -0.444 e. The van der Waals surface area contributed by atoms with Gasteiger partial charge in [0, 0.05) is 23.5 Å². The van der Waals surface area contributed by atoms with Crippen molar-refractivity contribution < 1.29 is 9.15 Å². The molecule has 1 aromatic carbocycles. The minimum absolute atomic E-state index is 0.0496. The number of aromatic nitrogens is 3. The SMILES string of the molecule is CC(C)(C)c1cncc(COc2nnc(-c3ccccc3)o2)c1. The second-order valence-corrected chi connectivity index (χ2v) is 6.36. The molecular formula is C18H19N3O2. The van der Waals surface area contributed by atoms with E-state index in [0.29, 0.717) is 12.5 Å². The smallest absolute Gasteiger partial charge is 0.415 e. The molecule has 0 aliphatic heterocycles. The Morgan fingerprint density at radius 2 is 1.83 bits per heavy atom. The van der Waals surface area contributed by atoms with Crippen molar-refractivity contribution in [3.05, 3.63) is 59.9 Å². The van der Waals surface area contributed by atoms with E-state index in [0.717, 1.165) is 16.7 Å². The monoisotopic (exact) mass is 309 g/mol. The summed E-state index contributed by atoms with van der Waals surface area (Å²) < 4.78 is 11.1. The Morgan fingerprint density at radius 3 is 2.57 bits per heavy atom. The van der Waals surface area contributed by atoms with Gasteiger partial charge in [0.05, 0.1) is 0 Å². The summed E-state index contributed by atoms with van der Waals surface area (Å²) in [5.41, 5.74) is 3.05. The molecule has 0 aliphatic carbocycles. The zero-order valence-corrected chi connectivity index (χ0v) is 13.5. The summed E-state index contributed by atoms with van der Waals surface area (Å²) >= 11 is 0. The fourth-order valence-corrected chi connectivity index (χ4v) is 2.09. The average molecular weight is 309 g/mol. The predicted molar refractivity (Wildman–Crippen MR) is 87.0 cm³/mol. The summed E-state index contributed by atoms with van der Waals surface area (Å²) in [6.07, 6.45) is 3.82. The van der Waals surface area contributed by atoms with E-state index in [1.165, 1.54) is 0 Å². The molecule has 0 N–H and O–H groups in total. The molecule has 5 nitrogen and oxygen atoms in total. The van der Waals surface area contributed by atoms with Crippen molar-refractivity contribution in [1.82, 2.24) is 15.2 Å². The van der Waals surface area contributed by atoms with Crippen LogP contribution in [0.1, 0.15) is 31.9 Å².